The number of hydrogen-bond acceptors (Lipinski definition) is 4. The van der Waals surface area contributed by atoms with Gasteiger partial charge in [0.15, 0.2) is 5.82 Å². The zero-order chi connectivity index (χ0) is 20.1. The largest absolute Gasteiger partial charge is 0.478 e. The molecule has 28 heavy (non-hydrogen) atoms. The van der Waals surface area contributed by atoms with E-state index in [1.54, 1.807) is 24.4 Å². The highest BCUT2D eigenvalue weighted by atomic mass is 16.4. The maximum atomic E-state index is 11.4. The molecule has 1 atom stereocenters. The lowest BCUT2D eigenvalue weighted by Crippen LogP contribution is -2.07. The average molecular weight is 378 g/mol. The Morgan fingerprint density at radius 3 is 2.61 bits per heavy atom. The van der Waals surface area contributed by atoms with Gasteiger partial charge in [-0.05, 0) is 30.5 Å². The number of benzene rings is 1. The average Bonchev–Trinajstić information content (AvgIpc) is 3.10. The fraction of sp³-hybridized carbons (Fsp3) is 0.364. The predicted octanol–water partition coefficient (Wildman–Crippen LogP) is 4.55. The summed E-state index contributed by atoms with van der Waals surface area (Å²) in [5, 5.41) is 14.1. The predicted molar refractivity (Wildman–Crippen MR) is 108 cm³/mol. The lowest BCUT2D eigenvalue weighted by Gasteiger charge is -2.07. The standard InChI is InChI=1S/C22H26N4O2/c1-4-12-26-20(24-21(25-26)15(3)5-2)13-17-11-10-16(14-23-17)18-8-6-7-9-19(18)22(27)28/h6-11,14-15H,4-5,12-13H2,1-3H3,(H,27,28). The molecule has 1 N–H and O–H groups in total. The summed E-state index contributed by atoms with van der Waals surface area (Å²) in [6, 6.07) is 10.8. The Bertz CT molecular complexity index is 947. The molecular formula is C22H26N4O2. The molecule has 0 radical (unpaired) electrons. The lowest BCUT2D eigenvalue weighted by atomic mass is 10.0. The minimum atomic E-state index is -0.940. The zero-order valence-electron chi connectivity index (χ0n) is 16.6. The summed E-state index contributed by atoms with van der Waals surface area (Å²) in [4.78, 5) is 20.7. The number of carboxylic acid groups (broad SMARTS) is 1. The number of hydrogen-bond donors (Lipinski definition) is 1. The van der Waals surface area contributed by atoms with Crippen LogP contribution in [0.1, 0.15) is 67.2 Å². The van der Waals surface area contributed by atoms with E-state index in [4.69, 9.17) is 4.98 Å². The summed E-state index contributed by atoms with van der Waals surface area (Å²) in [7, 11) is 0. The molecule has 3 rings (SSSR count). The van der Waals surface area contributed by atoms with Crippen LogP contribution in [0.2, 0.25) is 0 Å². The van der Waals surface area contributed by atoms with E-state index in [0.29, 0.717) is 17.9 Å². The number of aryl methyl sites for hydroxylation is 1. The van der Waals surface area contributed by atoms with Gasteiger partial charge < -0.3 is 5.11 Å². The Kier molecular flexibility index (Phi) is 6.19. The van der Waals surface area contributed by atoms with Crippen molar-refractivity contribution < 1.29 is 9.90 Å². The van der Waals surface area contributed by atoms with Crippen LogP contribution in [-0.2, 0) is 13.0 Å². The van der Waals surface area contributed by atoms with Gasteiger partial charge in [-0.3, -0.25) is 4.98 Å². The van der Waals surface area contributed by atoms with E-state index in [9.17, 15) is 9.90 Å². The molecule has 2 aromatic heterocycles. The van der Waals surface area contributed by atoms with Gasteiger partial charge >= 0.3 is 5.97 Å². The molecule has 6 nitrogen and oxygen atoms in total. The van der Waals surface area contributed by atoms with Crippen molar-refractivity contribution in [2.45, 2.75) is 52.5 Å². The molecule has 146 valence electrons. The van der Waals surface area contributed by atoms with E-state index in [0.717, 1.165) is 42.3 Å². The fourth-order valence-electron chi connectivity index (χ4n) is 3.08. The van der Waals surface area contributed by atoms with E-state index in [1.807, 2.05) is 22.9 Å². The summed E-state index contributed by atoms with van der Waals surface area (Å²) < 4.78 is 1.98. The third-order valence-corrected chi connectivity index (χ3v) is 4.89. The van der Waals surface area contributed by atoms with E-state index in [2.05, 4.69) is 30.9 Å². The van der Waals surface area contributed by atoms with Crippen molar-refractivity contribution in [1.29, 1.82) is 0 Å². The molecule has 1 unspecified atom stereocenters. The van der Waals surface area contributed by atoms with E-state index in [-0.39, 0.29) is 5.56 Å². The molecule has 2 heterocycles. The van der Waals surface area contributed by atoms with Crippen LogP contribution in [0.4, 0.5) is 0 Å². The normalized spacial score (nSPS) is 12.1. The second kappa shape index (κ2) is 8.78. The van der Waals surface area contributed by atoms with Gasteiger partial charge in [0.05, 0.1) is 5.56 Å². The molecule has 0 fully saturated rings. The minimum Gasteiger partial charge on any atom is -0.478 e. The number of carboxylic acids is 1. The van der Waals surface area contributed by atoms with Gasteiger partial charge in [-0.1, -0.05) is 45.0 Å². The van der Waals surface area contributed by atoms with Crippen molar-refractivity contribution in [3.05, 3.63) is 65.5 Å². The van der Waals surface area contributed by atoms with Crippen LogP contribution in [0.25, 0.3) is 11.1 Å². The molecule has 0 amide bonds. The SMILES string of the molecule is CCCn1nc(C(C)CC)nc1Cc1ccc(-c2ccccc2C(=O)O)cn1. The van der Waals surface area contributed by atoms with Crippen LogP contribution < -0.4 is 0 Å². The molecule has 0 aliphatic heterocycles. The van der Waals surface area contributed by atoms with Gasteiger partial charge in [0.25, 0.3) is 0 Å². The first-order chi connectivity index (χ1) is 13.5. The molecule has 0 aliphatic rings. The summed E-state index contributed by atoms with van der Waals surface area (Å²) in [5.41, 5.74) is 2.62. The molecule has 0 spiro atoms. The Morgan fingerprint density at radius 1 is 1.18 bits per heavy atom. The van der Waals surface area contributed by atoms with Gasteiger partial charge in [0.2, 0.25) is 0 Å². The monoisotopic (exact) mass is 378 g/mol. The Morgan fingerprint density at radius 2 is 1.96 bits per heavy atom. The quantitative estimate of drug-likeness (QED) is 0.622. The Balaban J connectivity index is 1.85. The molecular weight excluding hydrogens is 352 g/mol. The summed E-state index contributed by atoms with van der Waals surface area (Å²) in [6.45, 7) is 7.24. The van der Waals surface area contributed by atoms with Gasteiger partial charge in [0, 0.05) is 36.3 Å². The molecule has 0 saturated heterocycles. The van der Waals surface area contributed by atoms with Gasteiger partial charge in [-0.2, -0.15) is 5.10 Å². The number of pyridine rings is 1. The molecule has 0 saturated carbocycles. The second-order valence-corrected chi connectivity index (χ2v) is 6.98. The van der Waals surface area contributed by atoms with Crippen molar-refractivity contribution in [2.75, 3.05) is 0 Å². The number of nitrogens with zero attached hydrogens (tertiary/aromatic N) is 4. The first-order valence-corrected chi connectivity index (χ1v) is 9.74. The summed E-state index contributed by atoms with van der Waals surface area (Å²) in [6.07, 6.45) is 4.33. The fourth-order valence-corrected chi connectivity index (χ4v) is 3.08. The Hall–Kier alpha value is -3.02. The van der Waals surface area contributed by atoms with Crippen molar-refractivity contribution in [3.8, 4) is 11.1 Å². The van der Waals surface area contributed by atoms with Gasteiger partial charge in [-0.15, -0.1) is 0 Å². The van der Waals surface area contributed by atoms with Crippen molar-refractivity contribution in [2.24, 2.45) is 0 Å². The maximum Gasteiger partial charge on any atom is 0.336 e. The van der Waals surface area contributed by atoms with Gasteiger partial charge in [0.1, 0.15) is 5.82 Å². The highest BCUT2D eigenvalue weighted by Crippen LogP contribution is 2.24. The number of carbonyl (C=O) groups is 1. The van der Waals surface area contributed by atoms with Crippen molar-refractivity contribution in [3.63, 3.8) is 0 Å². The maximum absolute atomic E-state index is 11.4. The Labute approximate surface area is 165 Å². The van der Waals surface area contributed by atoms with Crippen molar-refractivity contribution >= 4 is 5.97 Å². The van der Waals surface area contributed by atoms with Crippen LogP contribution >= 0.6 is 0 Å². The molecule has 0 aliphatic carbocycles. The highest BCUT2D eigenvalue weighted by molar-refractivity contribution is 5.95. The minimum absolute atomic E-state index is 0.276. The molecule has 6 heteroatoms. The van der Waals surface area contributed by atoms with Crippen LogP contribution in [0.5, 0.6) is 0 Å². The summed E-state index contributed by atoms with van der Waals surface area (Å²) >= 11 is 0. The van der Waals surface area contributed by atoms with Crippen LogP contribution in [0.15, 0.2) is 42.6 Å². The number of rotatable bonds is 8. The second-order valence-electron chi connectivity index (χ2n) is 6.98. The third kappa shape index (κ3) is 4.27. The van der Waals surface area contributed by atoms with Crippen LogP contribution in [0.3, 0.4) is 0 Å². The van der Waals surface area contributed by atoms with Crippen molar-refractivity contribution in [1.82, 2.24) is 19.7 Å². The molecule has 1 aromatic carbocycles. The number of aromatic nitrogens is 4. The highest BCUT2D eigenvalue weighted by Gasteiger charge is 2.15. The van der Waals surface area contributed by atoms with Crippen LogP contribution in [-0.4, -0.2) is 30.8 Å². The number of aromatic carboxylic acids is 1. The lowest BCUT2D eigenvalue weighted by molar-refractivity contribution is 0.0697. The molecule has 0 bridgehead atoms. The smallest absolute Gasteiger partial charge is 0.336 e. The first kappa shape index (κ1) is 19.7. The molecule has 3 aromatic rings. The van der Waals surface area contributed by atoms with Gasteiger partial charge in [-0.25, -0.2) is 14.5 Å². The van der Waals surface area contributed by atoms with Crippen LogP contribution in [0, 0.1) is 0 Å². The zero-order valence-corrected chi connectivity index (χ0v) is 16.6. The van der Waals surface area contributed by atoms with E-state index < -0.39 is 5.97 Å². The topological polar surface area (TPSA) is 80.9 Å². The third-order valence-electron chi connectivity index (χ3n) is 4.89. The van der Waals surface area contributed by atoms with E-state index >= 15 is 0 Å². The van der Waals surface area contributed by atoms with E-state index in [1.165, 1.54) is 0 Å². The first-order valence-electron chi connectivity index (χ1n) is 9.74. The summed E-state index contributed by atoms with van der Waals surface area (Å²) in [5.74, 6) is 1.20.